The summed E-state index contributed by atoms with van der Waals surface area (Å²) in [4.78, 5) is 16.8. The summed E-state index contributed by atoms with van der Waals surface area (Å²) >= 11 is 0. The Morgan fingerprint density at radius 2 is 2.08 bits per heavy atom. The van der Waals surface area contributed by atoms with Crippen LogP contribution in [0.4, 0.5) is 0 Å². The molecule has 0 bridgehead atoms. The molecular formula is C18H30N4O2. The zero-order valence-electron chi connectivity index (χ0n) is 14.6. The Balaban J connectivity index is 1.33. The quantitative estimate of drug-likeness (QED) is 0.760. The van der Waals surface area contributed by atoms with Crippen LogP contribution >= 0.6 is 0 Å². The van der Waals surface area contributed by atoms with E-state index in [0.29, 0.717) is 31.5 Å². The molecule has 0 spiro atoms. The molecule has 2 aliphatic heterocycles. The van der Waals surface area contributed by atoms with E-state index in [1.165, 1.54) is 19.4 Å². The SMILES string of the molecule is O=C(CC[C@@H]1CCCN(CCCn2cccn2)C1)N1CCOCC1. The lowest BCUT2D eigenvalue weighted by atomic mass is 9.93. The fourth-order valence-electron chi connectivity index (χ4n) is 3.78. The lowest BCUT2D eigenvalue weighted by Crippen LogP contribution is -2.41. The molecule has 6 heteroatoms. The number of aryl methyl sites for hydroxylation is 1. The number of rotatable bonds is 7. The second-order valence-electron chi connectivity index (χ2n) is 6.96. The molecule has 24 heavy (non-hydrogen) atoms. The molecule has 3 rings (SSSR count). The van der Waals surface area contributed by atoms with Crippen molar-refractivity contribution in [1.29, 1.82) is 0 Å². The van der Waals surface area contributed by atoms with Crippen molar-refractivity contribution in [3.8, 4) is 0 Å². The highest BCUT2D eigenvalue weighted by Gasteiger charge is 2.22. The van der Waals surface area contributed by atoms with Gasteiger partial charge in [0.05, 0.1) is 13.2 Å². The van der Waals surface area contributed by atoms with Crippen molar-refractivity contribution in [2.24, 2.45) is 5.92 Å². The van der Waals surface area contributed by atoms with Gasteiger partial charge in [-0.05, 0) is 50.8 Å². The highest BCUT2D eigenvalue weighted by molar-refractivity contribution is 5.76. The number of nitrogens with zero attached hydrogens (tertiary/aromatic N) is 4. The van der Waals surface area contributed by atoms with Gasteiger partial charge >= 0.3 is 0 Å². The number of ether oxygens (including phenoxy) is 1. The molecule has 1 aromatic rings. The van der Waals surface area contributed by atoms with Crippen LogP contribution < -0.4 is 0 Å². The van der Waals surface area contributed by atoms with Gasteiger partial charge in [0.1, 0.15) is 0 Å². The first-order valence-corrected chi connectivity index (χ1v) is 9.36. The van der Waals surface area contributed by atoms with Gasteiger partial charge in [0.2, 0.25) is 5.91 Å². The van der Waals surface area contributed by atoms with Crippen LogP contribution in [-0.4, -0.2) is 71.4 Å². The minimum absolute atomic E-state index is 0.314. The molecule has 2 saturated heterocycles. The molecule has 3 heterocycles. The van der Waals surface area contributed by atoms with E-state index in [2.05, 4.69) is 10.00 Å². The monoisotopic (exact) mass is 334 g/mol. The summed E-state index contributed by atoms with van der Waals surface area (Å²) in [5, 5.41) is 4.25. The van der Waals surface area contributed by atoms with Crippen LogP contribution in [-0.2, 0) is 16.1 Å². The molecule has 2 fully saturated rings. The van der Waals surface area contributed by atoms with Gasteiger partial charge in [0.25, 0.3) is 0 Å². The maximum atomic E-state index is 12.3. The molecule has 134 valence electrons. The zero-order valence-corrected chi connectivity index (χ0v) is 14.6. The lowest BCUT2D eigenvalue weighted by Gasteiger charge is -2.33. The molecule has 0 N–H and O–H groups in total. The van der Waals surface area contributed by atoms with Crippen LogP contribution in [0.25, 0.3) is 0 Å². The van der Waals surface area contributed by atoms with Crippen molar-refractivity contribution in [1.82, 2.24) is 19.6 Å². The number of carbonyl (C=O) groups excluding carboxylic acids is 1. The van der Waals surface area contributed by atoms with Crippen molar-refractivity contribution in [3.05, 3.63) is 18.5 Å². The fourth-order valence-corrected chi connectivity index (χ4v) is 3.78. The number of amides is 1. The molecule has 6 nitrogen and oxygen atoms in total. The molecular weight excluding hydrogens is 304 g/mol. The Labute approximate surface area is 144 Å². The van der Waals surface area contributed by atoms with E-state index in [4.69, 9.17) is 4.74 Å². The van der Waals surface area contributed by atoms with Crippen LogP contribution in [0.15, 0.2) is 18.5 Å². The summed E-state index contributed by atoms with van der Waals surface area (Å²) < 4.78 is 7.32. The molecule has 0 aromatic carbocycles. The topological polar surface area (TPSA) is 50.6 Å². The van der Waals surface area contributed by atoms with Crippen molar-refractivity contribution in [3.63, 3.8) is 0 Å². The normalized spacial score (nSPS) is 22.7. The van der Waals surface area contributed by atoms with Gasteiger partial charge < -0.3 is 14.5 Å². The number of piperidine rings is 1. The maximum Gasteiger partial charge on any atom is 0.222 e. The Morgan fingerprint density at radius 1 is 1.21 bits per heavy atom. The Bertz CT molecular complexity index is 485. The van der Waals surface area contributed by atoms with E-state index in [1.807, 2.05) is 28.0 Å². The van der Waals surface area contributed by atoms with Crippen molar-refractivity contribution in [2.45, 2.75) is 38.6 Å². The third-order valence-corrected chi connectivity index (χ3v) is 5.15. The predicted molar refractivity (Wildman–Crippen MR) is 92.6 cm³/mol. The molecule has 1 amide bonds. The Morgan fingerprint density at radius 3 is 2.88 bits per heavy atom. The average Bonchev–Trinajstić information content (AvgIpc) is 3.14. The van der Waals surface area contributed by atoms with Crippen LogP contribution in [0.2, 0.25) is 0 Å². The van der Waals surface area contributed by atoms with Gasteiger partial charge in [-0.1, -0.05) is 0 Å². The summed E-state index contributed by atoms with van der Waals surface area (Å²) in [7, 11) is 0. The number of hydrogen-bond donors (Lipinski definition) is 0. The first-order chi connectivity index (χ1) is 11.8. The van der Waals surface area contributed by atoms with Crippen molar-refractivity contribution >= 4 is 5.91 Å². The van der Waals surface area contributed by atoms with Crippen LogP contribution in [0.3, 0.4) is 0 Å². The van der Waals surface area contributed by atoms with Crippen LogP contribution in [0.1, 0.15) is 32.1 Å². The van der Waals surface area contributed by atoms with E-state index < -0.39 is 0 Å². The largest absolute Gasteiger partial charge is 0.378 e. The first-order valence-electron chi connectivity index (χ1n) is 9.36. The van der Waals surface area contributed by atoms with E-state index in [1.54, 1.807) is 0 Å². The number of hydrogen-bond acceptors (Lipinski definition) is 4. The number of likely N-dealkylation sites (tertiary alicyclic amines) is 1. The Hall–Kier alpha value is -1.40. The summed E-state index contributed by atoms with van der Waals surface area (Å²) in [6.45, 7) is 7.39. The molecule has 0 saturated carbocycles. The Kier molecular flexibility index (Phi) is 6.66. The summed E-state index contributed by atoms with van der Waals surface area (Å²) in [5.41, 5.74) is 0. The first kappa shape index (κ1) is 17.4. The lowest BCUT2D eigenvalue weighted by molar-refractivity contribution is -0.135. The molecule has 0 unspecified atom stereocenters. The smallest absolute Gasteiger partial charge is 0.222 e. The maximum absolute atomic E-state index is 12.3. The van der Waals surface area contributed by atoms with Crippen molar-refractivity contribution < 1.29 is 9.53 Å². The van der Waals surface area contributed by atoms with Gasteiger partial charge in [0.15, 0.2) is 0 Å². The summed E-state index contributed by atoms with van der Waals surface area (Å²) in [5.74, 6) is 0.988. The number of carbonyl (C=O) groups is 1. The minimum atomic E-state index is 0.314. The van der Waals surface area contributed by atoms with Crippen LogP contribution in [0.5, 0.6) is 0 Å². The molecule has 2 aliphatic rings. The second kappa shape index (κ2) is 9.18. The van der Waals surface area contributed by atoms with Gasteiger partial charge in [-0.2, -0.15) is 5.10 Å². The van der Waals surface area contributed by atoms with Gasteiger partial charge in [-0.15, -0.1) is 0 Å². The van der Waals surface area contributed by atoms with Crippen molar-refractivity contribution in [2.75, 3.05) is 45.9 Å². The third-order valence-electron chi connectivity index (χ3n) is 5.15. The van der Waals surface area contributed by atoms with Gasteiger partial charge in [0, 0.05) is 45.0 Å². The third kappa shape index (κ3) is 5.31. The van der Waals surface area contributed by atoms with Gasteiger partial charge in [-0.3, -0.25) is 9.48 Å². The molecule has 0 radical (unpaired) electrons. The average molecular weight is 334 g/mol. The minimum Gasteiger partial charge on any atom is -0.378 e. The fraction of sp³-hybridized carbons (Fsp3) is 0.778. The molecule has 0 aliphatic carbocycles. The van der Waals surface area contributed by atoms with E-state index in [9.17, 15) is 4.79 Å². The van der Waals surface area contributed by atoms with E-state index in [0.717, 1.165) is 45.6 Å². The molecule has 1 aromatic heterocycles. The second-order valence-corrected chi connectivity index (χ2v) is 6.96. The highest BCUT2D eigenvalue weighted by Crippen LogP contribution is 2.21. The van der Waals surface area contributed by atoms with E-state index in [-0.39, 0.29) is 0 Å². The number of aromatic nitrogens is 2. The zero-order chi connectivity index (χ0) is 16.6. The van der Waals surface area contributed by atoms with Gasteiger partial charge in [-0.25, -0.2) is 0 Å². The summed E-state index contributed by atoms with van der Waals surface area (Å²) in [6.07, 6.45) is 9.27. The van der Waals surface area contributed by atoms with Crippen LogP contribution in [0, 0.1) is 5.92 Å². The van der Waals surface area contributed by atoms with E-state index >= 15 is 0 Å². The molecule has 1 atom stereocenters. The highest BCUT2D eigenvalue weighted by atomic mass is 16.5. The standard InChI is InChI=1S/C18H30N4O2/c23-18(21-12-14-24-15-13-21)6-5-17-4-1-8-20(16-17)9-3-11-22-10-2-7-19-22/h2,7,10,17H,1,3-6,8-9,11-16H2/t17-/m0/s1. The number of morpholine rings is 1. The predicted octanol–water partition coefficient (Wildman–Crippen LogP) is 1.62. The summed E-state index contributed by atoms with van der Waals surface area (Å²) in [6, 6.07) is 1.97.